The number of hydrogen-bond acceptors (Lipinski definition) is 2. The molecule has 0 N–H and O–H groups in total. The molecule has 0 atom stereocenters. The summed E-state index contributed by atoms with van der Waals surface area (Å²) in [5, 5.41) is 0.866. The Kier molecular flexibility index (Phi) is 6.24. The number of carbonyl (C=O) groups excluding carboxylic acids is 1. The summed E-state index contributed by atoms with van der Waals surface area (Å²) in [6, 6.07) is 10.6. The van der Waals surface area contributed by atoms with Gasteiger partial charge in [0, 0.05) is 22.8 Å². The highest BCUT2D eigenvalue weighted by molar-refractivity contribution is 9.09. The number of benzene rings is 1. The van der Waals surface area contributed by atoms with E-state index < -0.39 is 0 Å². The molecule has 19 heavy (non-hydrogen) atoms. The highest BCUT2D eigenvalue weighted by Crippen LogP contribution is 2.25. The lowest BCUT2D eigenvalue weighted by Gasteiger charge is -2.28. The molecule has 1 aromatic rings. The fourth-order valence-electron chi connectivity index (χ4n) is 2.56. The molecule has 1 aliphatic rings. The molecule has 2 rings (SSSR count). The lowest BCUT2D eigenvalue weighted by Crippen LogP contribution is -2.41. The minimum atomic E-state index is 0.278. The smallest absolute Gasteiger partial charge is 0.233 e. The Hall–Kier alpha value is -0.480. The first-order valence-corrected chi connectivity index (χ1v) is 8.95. The standard InChI is InChI=1S/C15H20BrNOS/c16-10-11-17(13-6-4-5-7-13)15(18)12-19-14-8-2-1-3-9-14/h1-3,8-9,13H,4-7,10-12H2. The molecule has 1 amide bonds. The molecule has 1 aliphatic carbocycles. The maximum atomic E-state index is 12.4. The van der Waals surface area contributed by atoms with Crippen molar-refractivity contribution < 1.29 is 4.79 Å². The van der Waals surface area contributed by atoms with E-state index in [1.807, 2.05) is 18.2 Å². The van der Waals surface area contributed by atoms with Gasteiger partial charge in [-0.2, -0.15) is 0 Å². The number of hydrogen-bond donors (Lipinski definition) is 0. The van der Waals surface area contributed by atoms with Crippen molar-refractivity contribution in [3.05, 3.63) is 30.3 Å². The number of halogens is 1. The van der Waals surface area contributed by atoms with Crippen LogP contribution in [0, 0.1) is 0 Å². The zero-order valence-electron chi connectivity index (χ0n) is 11.1. The van der Waals surface area contributed by atoms with E-state index in [4.69, 9.17) is 0 Å². The van der Waals surface area contributed by atoms with Crippen molar-refractivity contribution in [1.29, 1.82) is 0 Å². The molecule has 1 fully saturated rings. The summed E-state index contributed by atoms with van der Waals surface area (Å²) in [6.45, 7) is 0.832. The normalized spacial score (nSPS) is 15.6. The van der Waals surface area contributed by atoms with E-state index in [2.05, 4.69) is 33.0 Å². The topological polar surface area (TPSA) is 20.3 Å². The Labute approximate surface area is 128 Å². The molecule has 0 spiro atoms. The van der Waals surface area contributed by atoms with Gasteiger partial charge >= 0.3 is 0 Å². The summed E-state index contributed by atoms with van der Waals surface area (Å²) in [5.74, 6) is 0.827. The van der Waals surface area contributed by atoms with Crippen molar-refractivity contribution in [2.75, 3.05) is 17.6 Å². The molecule has 0 radical (unpaired) electrons. The zero-order chi connectivity index (χ0) is 13.5. The molecule has 0 aliphatic heterocycles. The van der Waals surface area contributed by atoms with Gasteiger partial charge in [0.15, 0.2) is 0 Å². The quantitative estimate of drug-likeness (QED) is 0.576. The summed E-state index contributed by atoms with van der Waals surface area (Å²) < 4.78 is 0. The van der Waals surface area contributed by atoms with E-state index in [9.17, 15) is 4.79 Å². The van der Waals surface area contributed by atoms with E-state index >= 15 is 0 Å². The van der Waals surface area contributed by atoms with Crippen LogP contribution in [0.3, 0.4) is 0 Å². The van der Waals surface area contributed by atoms with Gasteiger partial charge in [0.05, 0.1) is 5.75 Å². The summed E-state index contributed by atoms with van der Waals surface area (Å²) in [4.78, 5) is 15.6. The highest BCUT2D eigenvalue weighted by atomic mass is 79.9. The summed E-state index contributed by atoms with van der Waals surface area (Å²) in [6.07, 6.45) is 4.88. The van der Waals surface area contributed by atoms with E-state index in [0.29, 0.717) is 11.8 Å². The largest absolute Gasteiger partial charge is 0.338 e. The third-order valence-corrected chi connectivity index (χ3v) is 4.87. The minimum Gasteiger partial charge on any atom is -0.338 e. The van der Waals surface area contributed by atoms with Gasteiger partial charge in [0.2, 0.25) is 5.91 Å². The van der Waals surface area contributed by atoms with Crippen LogP contribution in [0.2, 0.25) is 0 Å². The maximum absolute atomic E-state index is 12.4. The lowest BCUT2D eigenvalue weighted by molar-refractivity contribution is -0.130. The number of thioether (sulfide) groups is 1. The number of amides is 1. The average molecular weight is 342 g/mol. The van der Waals surface area contributed by atoms with Crippen molar-refractivity contribution in [1.82, 2.24) is 4.90 Å². The molecular weight excluding hydrogens is 322 g/mol. The Bertz CT molecular complexity index is 392. The molecular formula is C15H20BrNOS. The minimum absolute atomic E-state index is 0.278. The van der Waals surface area contributed by atoms with Gasteiger partial charge in [-0.3, -0.25) is 4.79 Å². The van der Waals surface area contributed by atoms with Crippen LogP contribution >= 0.6 is 27.7 Å². The Morgan fingerprint density at radius 1 is 1.26 bits per heavy atom. The van der Waals surface area contributed by atoms with Gasteiger partial charge in [0.25, 0.3) is 0 Å². The molecule has 0 unspecified atom stereocenters. The zero-order valence-corrected chi connectivity index (χ0v) is 13.5. The molecule has 2 nitrogen and oxygen atoms in total. The van der Waals surface area contributed by atoms with Crippen molar-refractivity contribution in [2.45, 2.75) is 36.6 Å². The van der Waals surface area contributed by atoms with Gasteiger partial charge in [-0.1, -0.05) is 47.0 Å². The average Bonchev–Trinajstić information content (AvgIpc) is 2.97. The predicted molar refractivity (Wildman–Crippen MR) is 84.9 cm³/mol. The first kappa shape index (κ1) is 14.9. The summed E-state index contributed by atoms with van der Waals surface area (Å²) in [7, 11) is 0. The number of alkyl halides is 1. The van der Waals surface area contributed by atoms with Crippen LogP contribution < -0.4 is 0 Å². The van der Waals surface area contributed by atoms with E-state index in [1.54, 1.807) is 11.8 Å². The van der Waals surface area contributed by atoms with Crippen molar-refractivity contribution >= 4 is 33.6 Å². The molecule has 1 saturated carbocycles. The van der Waals surface area contributed by atoms with Crippen LogP contribution in [0.25, 0.3) is 0 Å². The van der Waals surface area contributed by atoms with Crippen LogP contribution in [0.5, 0.6) is 0 Å². The number of rotatable bonds is 6. The first-order chi connectivity index (χ1) is 9.31. The van der Waals surface area contributed by atoms with Gasteiger partial charge in [0.1, 0.15) is 0 Å². The summed E-state index contributed by atoms with van der Waals surface area (Å²) in [5.41, 5.74) is 0. The molecule has 0 aromatic heterocycles. The third-order valence-electron chi connectivity index (χ3n) is 3.52. The van der Waals surface area contributed by atoms with Gasteiger partial charge in [-0.15, -0.1) is 11.8 Å². The fraction of sp³-hybridized carbons (Fsp3) is 0.533. The number of nitrogens with zero attached hydrogens (tertiary/aromatic N) is 1. The second-order valence-corrected chi connectivity index (χ2v) is 6.66. The van der Waals surface area contributed by atoms with Crippen molar-refractivity contribution in [3.63, 3.8) is 0 Å². The van der Waals surface area contributed by atoms with Gasteiger partial charge < -0.3 is 4.90 Å². The molecule has 0 saturated heterocycles. The molecule has 0 heterocycles. The van der Waals surface area contributed by atoms with Crippen LogP contribution in [0.1, 0.15) is 25.7 Å². The van der Waals surface area contributed by atoms with E-state index in [-0.39, 0.29) is 5.91 Å². The molecule has 0 bridgehead atoms. The van der Waals surface area contributed by atoms with Crippen LogP contribution in [0.15, 0.2) is 35.2 Å². The SMILES string of the molecule is O=C(CSc1ccccc1)N(CCBr)C1CCCC1. The van der Waals surface area contributed by atoms with Gasteiger partial charge in [-0.05, 0) is 25.0 Å². The van der Waals surface area contributed by atoms with Crippen molar-refractivity contribution in [2.24, 2.45) is 0 Å². The predicted octanol–water partition coefficient (Wildman–Crippen LogP) is 3.94. The second kappa shape index (κ2) is 7.95. The highest BCUT2D eigenvalue weighted by Gasteiger charge is 2.25. The Morgan fingerprint density at radius 3 is 2.58 bits per heavy atom. The van der Waals surface area contributed by atoms with Crippen LogP contribution in [-0.2, 0) is 4.79 Å². The van der Waals surface area contributed by atoms with E-state index in [1.165, 1.54) is 30.6 Å². The maximum Gasteiger partial charge on any atom is 0.233 e. The Morgan fingerprint density at radius 2 is 1.95 bits per heavy atom. The van der Waals surface area contributed by atoms with Crippen LogP contribution in [0.4, 0.5) is 0 Å². The van der Waals surface area contributed by atoms with Gasteiger partial charge in [-0.25, -0.2) is 0 Å². The monoisotopic (exact) mass is 341 g/mol. The first-order valence-electron chi connectivity index (χ1n) is 6.84. The molecule has 104 valence electrons. The number of carbonyl (C=O) groups is 1. The Balaban J connectivity index is 1.88. The summed E-state index contributed by atoms with van der Waals surface area (Å²) >= 11 is 5.10. The second-order valence-electron chi connectivity index (χ2n) is 4.82. The fourth-order valence-corrected chi connectivity index (χ4v) is 3.75. The molecule has 4 heteroatoms. The van der Waals surface area contributed by atoms with Crippen molar-refractivity contribution in [3.8, 4) is 0 Å². The van der Waals surface area contributed by atoms with Crippen LogP contribution in [-0.4, -0.2) is 34.5 Å². The lowest BCUT2D eigenvalue weighted by atomic mass is 10.2. The third kappa shape index (κ3) is 4.53. The van der Waals surface area contributed by atoms with E-state index in [0.717, 1.165) is 11.9 Å². The molecule has 1 aromatic carbocycles.